The van der Waals surface area contributed by atoms with Gasteiger partial charge in [-0.05, 0) is 0 Å². The van der Waals surface area contributed by atoms with E-state index in [2.05, 4.69) is 126 Å². The van der Waals surface area contributed by atoms with Gasteiger partial charge in [-0.3, -0.25) is 0 Å². The Labute approximate surface area is 228 Å². The summed E-state index contributed by atoms with van der Waals surface area (Å²) in [4.78, 5) is 0. The zero-order valence-corrected chi connectivity index (χ0v) is 27.8. The van der Waals surface area contributed by atoms with Gasteiger partial charge in [-0.15, -0.1) is 0 Å². The molecule has 0 saturated carbocycles. The molecule has 0 aliphatic heterocycles. The number of hydrogen-bond acceptors (Lipinski definition) is 0. The van der Waals surface area contributed by atoms with Gasteiger partial charge in [-0.2, -0.15) is 0 Å². The number of rotatable bonds is 9. The van der Waals surface area contributed by atoms with Crippen molar-refractivity contribution in [1.82, 2.24) is 0 Å². The molecule has 2 aromatic rings. The van der Waals surface area contributed by atoms with E-state index in [0.717, 1.165) is 12.8 Å². The minimum atomic E-state index is -4.57. The molecule has 0 amide bonds. The van der Waals surface area contributed by atoms with Crippen LogP contribution in [0.3, 0.4) is 0 Å². The first-order chi connectivity index (χ1) is 17.0. The van der Waals surface area contributed by atoms with Crippen molar-refractivity contribution >= 4 is 34.1 Å². The Balaban J connectivity index is 1.92. The molecule has 0 aromatic heterocycles. The monoisotopic (exact) mass is 613 g/mol. The third kappa shape index (κ3) is 5.44. The molecule has 0 spiro atoms. The molecule has 4 heteroatoms. The van der Waals surface area contributed by atoms with Crippen LogP contribution in [0.4, 0.5) is 0 Å². The molecule has 0 N–H and O–H groups in total. The van der Waals surface area contributed by atoms with Crippen LogP contribution in [0.25, 0.3) is 11.1 Å². The second-order valence-electron chi connectivity index (χ2n) is 11.9. The molecule has 2 aliphatic rings. The number of hydrogen-bond donors (Lipinski definition) is 0. The van der Waals surface area contributed by atoms with Crippen molar-refractivity contribution in [3.8, 4) is 0 Å². The van der Waals surface area contributed by atoms with E-state index in [9.17, 15) is 0 Å². The SMILES string of the molecule is CC(C)CC1=C[CH]([Zr]([Cl])([Cl])([CH]2C=C(CC(C)C)C=C2c2ccccc2)[SiH](C)C)C(c2ccccc2)=C1. The summed E-state index contributed by atoms with van der Waals surface area (Å²) < 4.78 is 0.258. The molecule has 191 valence electrons. The normalized spacial score (nSPS) is 21.4. The molecule has 0 fully saturated rings. The van der Waals surface area contributed by atoms with Gasteiger partial charge in [-0.1, -0.05) is 0 Å². The van der Waals surface area contributed by atoms with Gasteiger partial charge in [0, 0.05) is 0 Å². The Bertz CT molecular complexity index is 1110. The first-order valence-corrected chi connectivity index (χ1v) is 29.8. The van der Waals surface area contributed by atoms with E-state index in [1.165, 1.54) is 33.4 Å². The minimum absolute atomic E-state index is 0.129. The predicted molar refractivity (Wildman–Crippen MR) is 162 cm³/mol. The number of allylic oxidation sites excluding steroid dienone is 8. The van der Waals surface area contributed by atoms with E-state index in [1.807, 2.05) is 0 Å². The Kier molecular flexibility index (Phi) is 8.63. The van der Waals surface area contributed by atoms with Crippen molar-refractivity contribution in [2.24, 2.45) is 11.8 Å². The standard InChI is InChI=1S/2C15H17.C2H7Si.2ClH.Zr/c2*1-12(2)10-13-8-9-15(11-13)14-6-4-3-5-7-14;1-3-2;;;/h2*3-9,11-12H,10H2,1-2H3;3H,1-2H3;2*1H;/q;;;;;+2/p-2. The van der Waals surface area contributed by atoms with Gasteiger partial charge in [0.1, 0.15) is 0 Å². The molecule has 0 saturated heterocycles. The first kappa shape index (κ1) is 28.1. The molecule has 2 unspecified atom stereocenters. The number of halogens is 2. The average molecular weight is 616 g/mol. The maximum absolute atomic E-state index is 8.30. The summed E-state index contributed by atoms with van der Waals surface area (Å²) in [5.41, 5.74) is 8.04. The van der Waals surface area contributed by atoms with Gasteiger partial charge < -0.3 is 0 Å². The fourth-order valence-electron chi connectivity index (χ4n) is 6.09. The van der Waals surface area contributed by atoms with Crippen molar-refractivity contribution in [3.63, 3.8) is 0 Å². The Morgan fingerprint density at radius 2 is 1.03 bits per heavy atom. The van der Waals surface area contributed by atoms with E-state index in [-0.39, 0.29) is 7.25 Å². The molecule has 0 heterocycles. The summed E-state index contributed by atoms with van der Waals surface area (Å²) in [6.45, 7) is 14.0. The van der Waals surface area contributed by atoms with Gasteiger partial charge in [0.25, 0.3) is 0 Å². The maximum atomic E-state index is 8.30. The molecule has 0 radical (unpaired) electrons. The van der Waals surface area contributed by atoms with Crippen LogP contribution in [0.1, 0.15) is 51.7 Å². The van der Waals surface area contributed by atoms with Crippen LogP contribution < -0.4 is 0 Å². The predicted octanol–water partition coefficient (Wildman–Crippen LogP) is 10.7. The van der Waals surface area contributed by atoms with Crippen molar-refractivity contribution < 1.29 is 15.6 Å². The topological polar surface area (TPSA) is 0 Å². The van der Waals surface area contributed by atoms with E-state index in [0.29, 0.717) is 11.8 Å². The van der Waals surface area contributed by atoms with Crippen molar-refractivity contribution in [2.75, 3.05) is 0 Å². The van der Waals surface area contributed by atoms with Gasteiger partial charge in [0.05, 0.1) is 0 Å². The van der Waals surface area contributed by atoms with Crippen molar-refractivity contribution in [2.45, 2.75) is 60.9 Å². The van der Waals surface area contributed by atoms with Gasteiger partial charge in [0.15, 0.2) is 0 Å². The quantitative estimate of drug-likeness (QED) is 0.246. The van der Waals surface area contributed by atoms with Crippen molar-refractivity contribution in [1.29, 1.82) is 0 Å². The average Bonchev–Trinajstić information content (AvgIpc) is 3.45. The van der Waals surface area contributed by atoms with Crippen LogP contribution in [0.5, 0.6) is 0 Å². The van der Waals surface area contributed by atoms with Crippen LogP contribution in [0.2, 0.25) is 20.3 Å². The molecule has 4 rings (SSSR count). The first-order valence-electron chi connectivity index (χ1n) is 13.5. The zero-order valence-electron chi connectivity index (χ0n) is 22.6. The Morgan fingerprint density at radius 1 is 0.667 bits per heavy atom. The molecular weight excluding hydrogens is 575 g/mol. The summed E-state index contributed by atoms with van der Waals surface area (Å²) in [6, 6.07) is 21.7. The van der Waals surface area contributed by atoms with Crippen LogP contribution in [-0.4, -0.2) is 5.92 Å². The number of benzene rings is 2. The van der Waals surface area contributed by atoms with E-state index in [1.54, 1.807) is 0 Å². The summed E-state index contributed by atoms with van der Waals surface area (Å²) in [6.07, 6.45) is 12.0. The van der Waals surface area contributed by atoms with Crippen LogP contribution in [0, 0.1) is 11.8 Å². The third-order valence-corrected chi connectivity index (χ3v) is 59.9. The molecule has 2 aliphatic carbocycles. The third-order valence-electron chi connectivity index (χ3n) is 7.91. The van der Waals surface area contributed by atoms with Gasteiger partial charge in [-0.25, -0.2) is 0 Å². The van der Waals surface area contributed by atoms with Crippen LogP contribution in [0.15, 0.2) is 96.1 Å². The molecule has 2 atom stereocenters. The van der Waals surface area contributed by atoms with Crippen LogP contribution >= 0.6 is 17.0 Å². The summed E-state index contributed by atoms with van der Waals surface area (Å²) in [7, 11) is 16.6. The molecule has 0 bridgehead atoms. The fraction of sp³-hybridized carbons (Fsp3) is 0.375. The second kappa shape index (κ2) is 11.1. The Morgan fingerprint density at radius 3 is 1.33 bits per heavy atom. The van der Waals surface area contributed by atoms with Gasteiger partial charge >= 0.3 is 230 Å². The zero-order chi connectivity index (χ0) is 26.1. The Hall–Kier alpha value is -0.920. The van der Waals surface area contributed by atoms with Gasteiger partial charge in [0.2, 0.25) is 0 Å². The summed E-state index contributed by atoms with van der Waals surface area (Å²) in [5.74, 6) is -0.318. The molecular formula is C32H41Cl2SiZr. The van der Waals surface area contributed by atoms with Crippen molar-refractivity contribution in [3.05, 3.63) is 107 Å². The van der Waals surface area contributed by atoms with E-state index in [4.69, 9.17) is 17.0 Å². The summed E-state index contributed by atoms with van der Waals surface area (Å²) in [5, 5.41) is 0. The molecule has 2 aromatic carbocycles. The van der Waals surface area contributed by atoms with E-state index < -0.39 is 21.5 Å². The summed E-state index contributed by atoms with van der Waals surface area (Å²) >= 11 is -4.57. The van der Waals surface area contributed by atoms with Crippen LogP contribution in [-0.2, 0) is 15.6 Å². The van der Waals surface area contributed by atoms with E-state index >= 15 is 0 Å². The molecule has 36 heavy (non-hydrogen) atoms. The fourth-order valence-corrected chi connectivity index (χ4v) is 33.4. The molecule has 0 nitrogen and oxygen atoms in total. The second-order valence-corrected chi connectivity index (χ2v) is 54.7.